The van der Waals surface area contributed by atoms with E-state index in [1.165, 1.54) is 12.8 Å². The molecule has 4 nitrogen and oxygen atoms in total. The van der Waals surface area contributed by atoms with Crippen LogP contribution in [0.3, 0.4) is 0 Å². The van der Waals surface area contributed by atoms with Crippen LogP contribution in [0.4, 0.5) is 5.82 Å². The molecule has 0 atom stereocenters. The molecule has 0 unspecified atom stereocenters. The Bertz CT molecular complexity index is 618. The number of carbonyl (C=O) groups is 1. The highest BCUT2D eigenvalue weighted by atomic mass is 16.1. The first-order valence-corrected chi connectivity index (χ1v) is 6.66. The summed E-state index contributed by atoms with van der Waals surface area (Å²) in [4.78, 5) is 18.6. The van der Waals surface area contributed by atoms with Gasteiger partial charge in [-0.1, -0.05) is 0 Å². The molecule has 1 N–H and O–H groups in total. The Balaban J connectivity index is 1.98. The summed E-state index contributed by atoms with van der Waals surface area (Å²) in [6, 6.07) is 9.71. The molecule has 0 saturated carbocycles. The molecular formula is C15H17N3O. The van der Waals surface area contributed by atoms with Crippen molar-refractivity contribution in [3.8, 4) is 0 Å². The van der Waals surface area contributed by atoms with E-state index >= 15 is 0 Å². The molecule has 0 radical (unpaired) electrons. The second-order valence-electron chi connectivity index (χ2n) is 4.85. The van der Waals surface area contributed by atoms with Crippen LogP contribution in [0.1, 0.15) is 23.2 Å². The average molecular weight is 255 g/mol. The smallest absolute Gasteiger partial charge is 0.251 e. The summed E-state index contributed by atoms with van der Waals surface area (Å²) >= 11 is 0. The number of amides is 1. The number of hydrogen-bond donors (Lipinski definition) is 1. The van der Waals surface area contributed by atoms with Crippen LogP contribution in [-0.2, 0) is 0 Å². The molecule has 4 heteroatoms. The van der Waals surface area contributed by atoms with Crippen molar-refractivity contribution in [1.29, 1.82) is 0 Å². The number of nitrogens with zero attached hydrogens (tertiary/aromatic N) is 2. The standard InChI is InChI=1S/C15H17N3O/c1-16-15(19)12-4-6-13-11(10-12)5-7-14(17-13)18-8-2-3-9-18/h4-7,10H,2-3,8-9H2,1H3,(H,16,19). The van der Waals surface area contributed by atoms with Gasteiger partial charge in [-0.15, -0.1) is 0 Å². The van der Waals surface area contributed by atoms with Gasteiger partial charge in [-0.3, -0.25) is 4.79 Å². The molecular weight excluding hydrogens is 238 g/mol. The monoisotopic (exact) mass is 255 g/mol. The summed E-state index contributed by atoms with van der Waals surface area (Å²) in [5.74, 6) is 0.975. The lowest BCUT2D eigenvalue weighted by atomic mass is 10.1. The fourth-order valence-corrected chi connectivity index (χ4v) is 2.52. The van der Waals surface area contributed by atoms with Gasteiger partial charge < -0.3 is 10.2 Å². The van der Waals surface area contributed by atoms with Crippen LogP contribution in [0.2, 0.25) is 0 Å². The first kappa shape index (κ1) is 12.0. The number of rotatable bonds is 2. The van der Waals surface area contributed by atoms with Gasteiger partial charge in [0.1, 0.15) is 5.82 Å². The maximum Gasteiger partial charge on any atom is 0.251 e. The van der Waals surface area contributed by atoms with Crippen molar-refractivity contribution in [3.63, 3.8) is 0 Å². The number of nitrogens with one attached hydrogen (secondary N) is 1. The van der Waals surface area contributed by atoms with E-state index in [2.05, 4.69) is 15.2 Å². The molecule has 1 aliphatic rings. The van der Waals surface area contributed by atoms with E-state index in [9.17, 15) is 4.79 Å². The number of fused-ring (bicyclic) bond motifs is 1. The van der Waals surface area contributed by atoms with Gasteiger partial charge in [0.25, 0.3) is 5.91 Å². The van der Waals surface area contributed by atoms with E-state index in [1.54, 1.807) is 7.05 Å². The van der Waals surface area contributed by atoms with Gasteiger partial charge in [0.05, 0.1) is 5.52 Å². The predicted octanol–water partition coefficient (Wildman–Crippen LogP) is 2.19. The van der Waals surface area contributed by atoms with Gasteiger partial charge >= 0.3 is 0 Å². The fourth-order valence-electron chi connectivity index (χ4n) is 2.52. The summed E-state index contributed by atoms with van der Waals surface area (Å²) < 4.78 is 0. The van der Waals surface area contributed by atoms with E-state index in [4.69, 9.17) is 0 Å². The lowest BCUT2D eigenvalue weighted by molar-refractivity contribution is 0.0963. The van der Waals surface area contributed by atoms with Crippen LogP contribution in [0.5, 0.6) is 0 Å². The molecule has 2 aromatic rings. The third kappa shape index (κ3) is 2.26. The quantitative estimate of drug-likeness (QED) is 0.894. The Morgan fingerprint density at radius 2 is 2.00 bits per heavy atom. The number of anilines is 1. The van der Waals surface area contributed by atoms with Crippen LogP contribution >= 0.6 is 0 Å². The third-order valence-corrected chi connectivity index (χ3v) is 3.59. The number of hydrogen-bond acceptors (Lipinski definition) is 3. The number of pyridine rings is 1. The first-order valence-electron chi connectivity index (χ1n) is 6.66. The zero-order chi connectivity index (χ0) is 13.2. The topological polar surface area (TPSA) is 45.2 Å². The summed E-state index contributed by atoms with van der Waals surface area (Å²) in [5.41, 5.74) is 1.61. The van der Waals surface area contributed by atoms with Crippen molar-refractivity contribution in [1.82, 2.24) is 10.3 Å². The summed E-state index contributed by atoms with van der Waals surface area (Å²) in [6.07, 6.45) is 2.49. The van der Waals surface area contributed by atoms with Gasteiger partial charge in [0.2, 0.25) is 0 Å². The zero-order valence-corrected chi connectivity index (χ0v) is 11.0. The van der Waals surface area contributed by atoms with Gasteiger partial charge in [0, 0.05) is 31.1 Å². The van der Waals surface area contributed by atoms with Crippen molar-refractivity contribution in [3.05, 3.63) is 35.9 Å². The highest BCUT2D eigenvalue weighted by Crippen LogP contribution is 2.22. The minimum atomic E-state index is -0.0643. The van der Waals surface area contributed by atoms with E-state index in [-0.39, 0.29) is 5.91 Å². The molecule has 0 spiro atoms. The predicted molar refractivity (Wildman–Crippen MR) is 76.6 cm³/mol. The van der Waals surface area contributed by atoms with Gasteiger partial charge in [-0.2, -0.15) is 0 Å². The normalized spacial score (nSPS) is 14.9. The average Bonchev–Trinajstić information content (AvgIpc) is 2.99. The van der Waals surface area contributed by atoms with E-state index in [1.807, 2.05) is 30.3 Å². The molecule has 98 valence electrons. The number of benzene rings is 1. The van der Waals surface area contributed by atoms with Gasteiger partial charge in [-0.05, 0) is 43.2 Å². The highest BCUT2D eigenvalue weighted by Gasteiger charge is 2.14. The Kier molecular flexibility index (Phi) is 3.07. The summed E-state index contributed by atoms with van der Waals surface area (Å²) in [6.45, 7) is 2.18. The summed E-state index contributed by atoms with van der Waals surface area (Å²) in [7, 11) is 1.64. The molecule has 19 heavy (non-hydrogen) atoms. The third-order valence-electron chi connectivity index (χ3n) is 3.59. The van der Waals surface area contributed by atoms with Crippen molar-refractivity contribution < 1.29 is 4.79 Å². The van der Waals surface area contributed by atoms with Crippen LogP contribution < -0.4 is 10.2 Å². The van der Waals surface area contributed by atoms with Crippen LogP contribution in [-0.4, -0.2) is 31.0 Å². The molecule has 1 aromatic heterocycles. The maximum absolute atomic E-state index is 11.6. The maximum atomic E-state index is 11.6. The van der Waals surface area contributed by atoms with Crippen molar-refractivity contribution in [2.45, 2.75) is 12.8 Å². The highest BCUT2D eigenvalue weighted by molar-refractivity contribution is 5.97. The van der Waals surface area contributed by atoms with Gasteiger partial charge in [-0.25, -0.2) is 4.98 Å². The van der Waals surface area contributed by atoms with Crippen LogP contribution in [0, 0.1) is 0 Å². The SMILES string of the molecule is CNC(=O)c1ccc2nc(N3CCCC3)ccc2c1. The molecule has 1 amide bonds. The van der Waals surface area contributed by atoms with E-state index in [0.717, 1.165) is 29.8 Å². The van der Waals surface area contributed by atoms with Crippen LogP contribution in [0.25, 0.3) is 10.9 Å². The van der Waals surface area contributed by atoms with Crippen molar-refractivity contribution in [2.75, 3.05) is 25.0 Å². The Labute approximate surface area is 112 Å². The minimum Gasteiger partial charge on any atom is -0.357 e. The second kappa shape index (κ2) is 4.88. The summed E-state index contributed by atoms with van der Waals surface area (Å²) in [5, 5.41) is 3.64. The van der Waals surface area contributed by atoms with Gasteiger partial charge in [0.15, 0.2) is 0 Å². The van der Waals surface area contributed by atoms with Crippen LogP contribution in [0.15, 0.2) is 30.3 Å². The Hall–Kier alpha value is -2.10. The van der Waals surface area contributed by atoms with E-state index < -0.39 is 0 Å². The molecule has 1 aromatic carbocycles. The molecule has 1 fully saturated rings. The lowest BCUT2D eigenvalue weighted by Crippen LogP contribution is -2.19. The molecule has 1 saturated heterocycles. The zero-order valence-electron chi connectivity index (χ0n) is 11.0. The Morgan fingerprint density at radius 3 is 2.74 bits per heavy atom. The molecule has 3 rings (SSSR count). The second-order valence-corrected chi connectivity index (χ2v) is 4.85. The first-order chi connectivity index (χ1) is 9.28. The van der Waals surface area contributed by atoms with E-state index in [0.29, 0.717) is 5.56 Å². The molecule has 2 heterocycles. The largest absolute Gasteiger partial charge is 0.357 e. The Morgan fingerprint density at radius 1 is 1.21 bits per heavy atom. The molecule has 0 bridgehead atoms. The fraction of sp³-hybridized carbons (Fsp3) is 0.333. The molecule has 0 aliphatic carbocycles. The minimum absolute atomic E-state index is 0.0643. The van der Waals surface area contributed by atoms with Crippen molar-refractivity contribution in [2.24, 2.45) is 0 Å². The lowest BCUT2D eigenvalue weighted by Gasteiger charge is -2.16. The number of aromatic nitrogens is 1. The number of carbonyl (C=O) groups excluding carboxylic acids is 1. The van der Waals surface area contributed by atoms with Crippen molar-refractivity contribution >= 4 is 22.6 Å². The molecule has 1 aliphatic heterocycles.